The third-order valence-electron chi connectivity index (χ3n) is 13.1. The summed E-state index contributed by atoms with van der Waals surface area (Å²) in [5, 5.41) is 3.60. The number of anilines is 2. The van der Waals surface area contributed by atoms with E-state index >= 15 is 0 Å². The molecule has 0 spiro atoms. The van der Waals surface area contributed by atoms with Crippen molar-refractivity contribution in [2.24, 2.45) is 0 Å². The van der Waals surface area contributed by atoms with Gasteiger partial charge in [0.05, 0.1) is 29.0 Å². The number of nitrogens with one attached hydrogen (secondary N) is 1. The van der Waals surface area contributed by atoms with Gasteiger partial charge in [0.1, 0.15) is 5.82 Å². The minimum absolute atomic E-state index is 0.111. The van der Waals surface area contributed by atoms with Gasteiger partial charge in [-0.05, 0) is 91.2 Å². The molecule has 12 rings (SSSR count). The first kappa shape index (κ1) is 38.8. The Kier molecular flexibility index (Phi) is 9.24. The maximum atomic E-state index is 14.9. The van der Waals surface area contributed by atoms with Gasteiger partial charge in [-0.15, -0.1) is 0 Å². The second-order valence-electron chi connectivity index (χ2n) is 16.9. The molecule has 3 N–H and O–H groups in total. The lowest BCUT2D eigenvalue weighted by Crippen LogP contribution is -2.34. The average molecular weight is 849 g/mol. The third kappa shape index (κ3) is 6.38. The maximum Gasteiger partial charge on any atom is 0.259 e. The summed E-state index contributed by atoms with van der Waals surface area (Å²) in [6.45, 7) is 0.348. The molecular formula is C60H40N4O2. The van der Waals surface area contributed by atoms with Crippen molar-refractivity contribution in [2.45, 2.75) is 6.54 Å². The molecule has 6 nitrogen and oxygen atoms in total. The Morgan fingerprint density at radius 2 is 1.03 bits per heavy atom. The van der Waals surface area contributed by atoms with Crippen molar-refractivity contribution in [1.82, 2.24) is 9.97 Å². The number of carbonyl (C=O) groups excluding carboxylic acids is 2. The van der Waals surface area contributed by atoms with Crippen molar-refractivity contribution < 1.29 is 9.59 Å². The van der Waals surface area contributed by atoms with Gasteiger partial charge >= 0.3 is 0 Å². The van der Waals surface area contributed by atoms with Crippen LogP contribution in [0.15, 0.2) is 206 Å². The molecule has 0 saturated heterocycles. The molecule has 0 atom stereocenters. The Balaban J connectivity index is 0.991. The number of H-pyrrole nitrogens is 1. The number of aldehydes is 1. The molecule has 2 heterocycles. The van der Waals surface area contributed by atoms with E-state index < -0.39 is 0 Å². The molecule has 0 fully saturated rings. The van der Waals surface area contributed by atoms with E-state index in [0.29, 0.717) is 34.9 Å². The van der Waals surface area contributed by atoms with Crippen LogP contribution in [0.4, 0.5) is 11.4 Å². The first-order valence-corrected chi connectivity index (χ1v) is 22.1. The van der Waals surface area contributed by atoms with Crippen LogP contribution in [-0.2, 0) is 6.54 Å². The van der Waals surface area contributed by atoms with E-state index in [9.17, 15) is 9.59 Å². The van der Waals surface area contributed by atoms with Gasteiger partial charge < -0.3 is 15.6 Å². The van der Waals surface area contributed by atoms with Crippen LogP contribution in [0.25, 0.3) is 99.6 Å². The molecule has 1 amide bonds. The molecule has 1 aromatic heterocycles. The van der Waals surface area contributed by atoms with Crippen LogP contribution < -0.4 is 10.6 Å². The highest BCUT2D eigenvalue weighted by molar-refractivity contribution is 6.22. The zero-order valence-electron chi connectivity index (χ0n) is 35.7. The van der Waals surface area contributed by atoms with Crippen molar-refractivity contribution in [3.05, 3.63) is 223 Å². The second kappa shape index (κ2) is 15.7. The minimum atomic E-state index is -0.111. The topological polar surface area (TPSA) is 92.1 Å². The van der Waals surface area contributed by atoms with E-state index in [-0.39, 0.29) is 5.91 Å². The fraction of sp³-hybridized carbons (Fsp3) is 0.0167. The third-order valence-corrected chi connectivity index (χ3v) is 13.1. The van der Waals surface area contributed by atoms with Gasteiger partial charge in [-0.25, -0.2) is 4.98 Å². The number of benzene rings is 10. The molecule has 66 heavy (non-hydrogen) atoms. The summed E-state index contributed by atoms with van der Waals surface area (Å²) >= 11 is 0. The van der Waals surface area contributed by atoms with Gasteiger partial charge in [-0.2, -0.15) is 0 Å². The van der Waals surface area contributed by atoms with Gasteiger partial charge in [-0.3, -0.25) is 9.59 Å². The number of nitrogen functional groups attached to an aromatic ring is 1. The molecule has 0 aliphatic carbocycles. The SMILES string of the molecule is Nc1c(-c2ccccc2)cc(-c2ccccc2)cc1N1Cc2ccc(-c3ccc(C=O)c4c(-c5nc6c(-c7ccccc7)cc(-c7ccccc7)cc6[nH]5)cccc34)c3cccc(c23)C1=O. The Bertz CT molecular complexity index is 3710. The van der Waals surface area contributed by atoms with Crippen LogP contribution >= 0.6 is 0 Å². The summed E-state index contributed by atoms with van der Waals surface area (Å²) in [7, 11) is 0. The number of amides is 1. The molecule has 1 aliphatic rings. The smallest absolute Gasteiger partial charge is 0.259 e. The Labute approximate surface area is 381 Å². The van der Waals surface area contributed by atoms with Gasteiger partial charge in [0, 0.05) is 38.6 Å². The minimum Gasteiger partial charge on any atom is -0.397 e. The number of fused-ring (bicyclic) bond motifs is 2. The number of aromatic amines is 1. The quantitative estimate of drug-likeness (QED) is 0.118. The van der Waals surface area contributed by atoms with E-state index in [4.69, 9.17) is 10.7 Å². The van der Waals surface area contributed by atoms with E-state index in [0.717, 1.165) is 106 Å². The normalized spacial score (nSPS) is 12.3. The molecule has 6 heteroatoms. The molecule has 10 aromatic carbocycles. The van der Waals surface area contributed by atoms with Gasteiger partial charge in [-0.1, -0.05) is 176 Å². The average Bonchev–Trinajstić information content (AvgIpc) is 3.82. The Morgan fingerprint density at radius 1 is 0.485 bits per heavy atom. The molecule has 11 aromatic rings. The van der Waals surface area contributed by atoms with Gasteiger partial charge in [0.25, 0.3) is 5.91 Å². The molecule has 1 aliphatic heterocycles. The van der Waals surface area contributed by atoms with Crippen molar-refractivity contribution in [2.75, 3.05) is 10.6 Å². The molecule has 0 saturated carbocycles. The molecule has 0 radical (unpaired) electrons. The summed E-state index contributed by atoms with van der Waals surface area (Å²) in [6, 6.07) is 69.8. The van der Waals surface area contributed by atoms with Gasteiger partial charge in [0.15, 0.2) is 6.29 Å². The number of nitrogens with zero attached hydrogens (tertiary/aromatic N) is 2. The zero-order valence-corrected chi connectivity index (χ0v) is 35.7. The highest BCUT2D eigenvalue weighted by Gasteiger charge is 2.31. The van der Waals surface area contributed by atoms with E-state index in [1.807, 2.05) is 120 Å². The molecular weight excluding hydrogens is 809 g/mol. The summed E-state index contributed by atoms with van der Waals surface area (Å²) < 4.78 is 0. The fourth-order valence-corrected chi connectivity index (χ4v) is 9.97. The molecule has 312 valence electrons. The predicted molar refractivity (Wildman–Crippen MR) is 270 cm³/mol. The summed E-state index contributed by atoms with van der Waals surface area (Å²) in [6.07, 6.45) is 0.924. The van der Waals surface area contributed by atoms with Crippen molar-refractivity contribution in [1.29, 1.82) is 0 Å². The monoisotopic (exact) mass is 848 g/mol. The number of carbonyl (C=O) groups is 2. The van der Waals surface area contributed by atoms with Crippen molar-refractivity contribution in [3.8, 4) is 67.0 Å². The van der Waals surface area contributed by atoms with Crippen molar-refractivity contribution in [3.63, 3.8) is 0 Å². The lowest BCUT2D eigenvalue weighted by atomic mass is 9.86. The van der Waals surface area contributed by atoms with Crippen molar-refractivity contribution >= 4 is 56.1 Å². The van der Waals surface area contributed by atoms with E-state index in [1.54, 1.807) is 0 Å². The van der Waals surface area contributed by atoms with Crippen LogP contribution in [0.5, 0.6) is 0 Å². The lowest BCUT2D eigenvalue weighted by Gasteiger charge is -2.31. The zero-order chi connectivity index (χ0) is 44.3. The first-order chi connectivity index (χ1) is 32.5. The predicted octanol–water partition coefficient (Wildman–Crippen LogP) is 14.4. The summed E-state index contributed by atoms with van der Waals surface area (Å²) in [5.41, 5.74) is 23.1. The number of hydrogen-bond donors (Lipinski definition) is 2. The van der Waals surface area contributed by atoms with E-state index in [2.05, 4.69) is 96.0 Å². The second-order valence-corrected chi connectivity index (χ2v) is 16.9. The lowest BCUT2D eigenvalue weighted by molar-refractivity contribution is 0.0984. The number of imidazole rings is 1. The van der Waals surface area contributed by atoms with Gasteiger partial charge in [0.2, 0.25) is 0 Å². The summed E-state index contributed by atoms with van der Waals surface area (Å²) in [5.74, 6) is 0.562. The van der Waals surface area contributed by atoms with Crippen LogP contribution in [0.1, 0.15) is 26.3 Å². The maximum absolute atomic E-state index is 14.9. The highest BCUT2D eigenvalue weighted by atomic mass is 16.2. The fourth-order valence-electron chi connectivity index (χ4n) is 9.97. The van der Waals surface area contributed by atoms with Crippen LogP contribution in [0, 0.1) is 0 Å². The Hall–Kier alpha value is -8.87. The van der Waals surface area contributed by atoms with Crippen LogP contribution in [0.2, 0.25) is 0 Å². The number of hydrogen-bond acceptors (Lipinski definition) is 4. The Morgan fingerprint density at radius 3 is 1.67 bits per heavy atom. The van der Waals surface area contributed by atoms with Crippen LogP contribution in [-0.4, -0.2) is 22.2 Å². The highest BCUT2D eigenvalue weighted by Crippen LogP contribution is 2.45. The van der Waals surface area contributed by atoms with E-state index in [1.165, 1.54) is 0 Å². The summed E-state index contributed by atoms with van der Waals surface area (Å²) in [4.78, 5) is 38.6. The number of aromatic nitrogens is 2. The van der Waals surface area contributed by atoms with Crippen LogP contribution in [0.3, 0.4) is 0 Å². The first-order valence-electron chi connectivity index (χ1n) is 22.1. The number of nitrogens with two attached hydrogens (primary N) is 1. The number of rotatable bonds is 8. The standard InChI is InChI=1S/C60H40N4O2/c61-57-51(39-19-9-3-10-20-39)31-44(38-17-7-2-8-18-38)34-54(57)64-35-41-27-29-45(47-24-14-26-50(55(41)47)60(64)66)46-30-28-42(36-65)56-48(46)23-13-25-49(56)59-62-53-33-43(37-15-5-1-6-16-37)32-52(58(53)63-59)40-21-11-4-12-22-40/h1-34,36H,35,61H2,(H,62,63). The molecule has 0 bridgehead atoms. The molecule has 0 unspecified atom stereocenters. The largest absolute Gasteiger partial charge is 0.397 e.